The number of fused-ring (bicyclic) bond motifs is 1. The van der Waals surface area contributed by atoms with Gasteiger partial charge >= 0.3 is 0 Å². The fourth-order valence-electron chi connectivity index (χ4n) is 2.27. The van der Waals surface area contributed by atoms with Gasteiger partial charge < -0.3 is 5.73 Å². The number of carbonyl (C=O) groups excluding carboxylic acids is 1. The normalized spacial score (nSPS) is 11.5. The lowest BCUT2D eigenvalue weighted by molar-refractivity contribution is 0.100. The Bertz CT molecular complexity index is 860. The van der Waals surface area contributed by atoms with Crippen LogP contribution in [0, 0.1) is 6.92 Å². The monoisotopic (exact) mass is 298 g/mol. The van der Waals surface area contributed by atoms with Crippen LogP contribution < -0.4 is 5.73 Å². The van der Waals surface area contributed by atoms with Gasteiger partial charge in [-0.3, -0.25) is 4.79 Å². The highest BCUT2D eigenvalue weighted by atomic mass is 32.1. The molecule has 1 amide bonds. The molecule has 0 aliphatic heterocycles. The average Bonchev–Trinajstić information content (AvgIpc) is 2.99. The van der Waals surface area contributed by atoms with E-state index in [9.17, 15) is 4.79 Å². The predicted molar refractivity (Wildman–Crippen MR) is 84.3 cm³/mol. The lowest BCUT2D eigenvalue weighted by Gasteiger charge is -1.94. The van der Waals surface area contributed by atoms with Gasteiger partial charge in [0.2, 0.25) is 0 Å². The summed E-state index contributed by atoms with van der Waals surface area (Å²) >= 11 is 1.30. The van der Waals surface area contributed by atoms with E-state index in [1.165, 1.54) is 11.3 Å². The highest BCUT2D eigenvalue weighted by Crippen LogP contribution is 2.33. The van der Waals surface area contributed by atoms with Crippen molar-refractivity contribution in [3.05, 3.63) is 46.7 Å². The van der Waals surface area contributed by atoms with Crippen molar-refractivity contribution in [3.63, 3.8) is 0 Å². The number of hydrogen-bond acceptors (Lipinski definition) is 4. The molecule has 2 N–H and O–H groups in total. The minimum atomic E-state index is -0.457. The molecule has 0 radical (unpaired) electrons. The summed E-state index contributed by atoms with van der Waals surface area (Å²) in [6.45, 7) is 3.81. The van der Waals surface area contributed by atoms with Crippen LogP contribution in [-0.4, -0.2) is 20.5 Å². The Morgan fingerprint density at radius 2 is 2.24 bits per heavy atom. The molecule has 3 aromatic rings. The van der Waals surface area contributed by atoms with Crippen molar-refractivity contribution in [2.75, 3.05) is 0 Å². The van der Waals surface area contributed by atoms with Gasteiger partial charge in [0.15, 0.2) is 0 Å². The molecular formula is C15H14N4OS. The number of nitrogens with two attached hydrogens (primary N) is 1. The summed E-state index contributed by atoms with van der Waals surface area (Å²) in [5.74, 6) is -0.457. The van der Waals surface area contributed by atoms with Crippen LogP contribution in [0.15, 0.2) is 30.5 Å². The molecule has 0 spiro atoms. The van der Waals surface area contributed by atoms with Crippen molar-refractivity contribution in [1.29, 1.82) is 0 Å². The van der Waals surface area contributed by atoms with Gasteiger partial charge in [0, 0.05) is 6.20 Å². The summed E-state index contributed by atoms with van der Waals surface area (Å²) in [5.41, 5.74) is 8.83. The second-order valence-electron chi connectivity index (χ2n) is 4.59. The number of hydrogen-bond donors (Lipinski definition) is 1. The van der Waals surface area contributed by atoms with Crippen LogP contribution in [0.25, 0.3) is 22.2 Å². The average molecular weight is 298 g/mol. The van der Waals surface area contributed by atoms with Gasteiger partial charge in [0.05, 0.1) is 22.5 Å². The first-order valence-corrected chi connectivity index (χ1v) is 7.31. The Labute approximate surface area is 125 Å². The Morgan fingerprint density at radius 3 is 2.95 bits per heavy atom. The first kappa shape index (κ1) is 13.5. The van der Waals surface area contributed by atoms with Crippen LogP contribution >= 0.6 is 11.3 Å². The van der Waals surface area contributed by atoms with Crippen molar-refractivity contribution < 1.29 is 4.79 Å². The number of aryl methyl sites for hydroxylation is 1. The molecule has 0 saturated carbocycles. The van der Waals surface area contributed by atoms with E-state index in [4.69, 9.17) is 5.73 Å². The molecule has 0 bridgehead atoms. The van der Waals surface area contributed by atoms with Gasteiger partial charge in [-0.2, -0.15) is 5.10 Å². The van der Waals surface area contributed by atoms with E-state index in [0.717, 1.165) is 21.8 Å². The summed E-state index contributed by atoms with van der Waals surface area (Å²) in [7, 11) is 0. The van der Waals surface area contributed by atoms with E-state index in [2.05, 4.69) is 10.1 Å². The molecule has 0 aromatic carbocycles. The molecule has 0 aliphatic rings. The quantitative estimate of drug-likeness (QED) is 0.808. The van der Waals surface area contributed by atoms with Crippen LogP contribution in [0.5, 0.6) is 0 Å². The zero-order chi connectivity index (χ0) is 15.0. The zero-order valence-corrected chi connectivity index (χ0v) is 12.5. The number of pyridine rings is 1. The van der Waals surface area contributed by atoms with Gasteiger partial charge in [-0.05, 0) is 32.1 Å². The first-order chi connectivity index (χ1) is 10.1. The van der Waals surface area contributed by atoms with Gasteiger partial charge in [-0.15, -0.1) is 11.3 Å². The van der Waals surface area contributed by atoms with Gasteiger partial charge in [-0.25, -0.2) is 9.50 Å². The molecule has 106 valence electrons. The fraction of sp³-hybridized carbons (Fsp3) is 0.133. The summed E-state index contributed by atoms with van der Waals surface area (Å²) < 4.78 is 1.81. The molecule has 3 heterocycles. The van der Waals surface area contributed by atoms with Crippen molar-refractivity contribution in [2.45, 2.75) is 13.8 Å². The molecule has 0 aliphatic carbocycles. The fourth-order valence-corrected chi connectivity index (χ4v) is 3.28. The molecular weight excluding hydrogens is 284 g/mol. The molecule has 0 atom stereocenters. The Morgan fingerprint density at radius 1 is 1.43 bits per heavy atom. The number of primary amides is 1. The van der Waals surface area contributed by atoms with E-state index in [0.29, 0.717) is 10.6 Å². The van der Waals surface area contributed by atoms with Gasteiger partial charge in [0.1, 0.15) is 9.88 Å². The van der Waals surface area contributed by atoms with E-state index >= 15 is 0 Å². The van der Waals surface area contributed by atoms with Crippen LogP contribution in [0.2, 0.25) is 0 Å². The van der Waals surface area contributed by atoms with Crippen molar-refractivity contribution >= 4 is 28.8 Å². The lowest BCUT2D eigenvalue weighted by Crippen LogP contribution is -2.10. The van der Waals surface area contributed by atoms with Gasteiger partial charge in [-0.1, -0.05) is 12.1 Å². The number of allylic oxidation sites excluding steroid dienone is 1. The third-order valence-electron chi connectivity index (χ3n) is 3.13. The first-order valence-electron chi connectivity index (χ1n) is 6.49. The van der Waals surface area contributed by atoms with E-state index in [1.54, 1.807) is 6.08 Å². The van der Waals surface area contributed by atoms with Crippen LogP contribution in [0.3, 0.4) is 0 Å². The number of nitrogens with zero attached hydrogens (tertiary/aromatic N) is 3. The smallest absolute Gasteiger partial charge is 0.261 e. The number of thiazole rings is 1. The van der Waals surface area contributed by atoms with Gasteiger partial charge in [0.25, 0.3) is 5.91 Å². The Kier molecular flexibility index (Phi) is 3.31. The summed E-state index contributed by atoms with van der Waals surface area (Å²) in [5, 5.41) is 5.23. The second kappa shape index (κ2) is 5.14. The third-order valence-corrected chi connectivity index (χ3v) is 4.23. The highest BCUT2D eigenvalue weighted by Gasteiger charge is 2.19. The Balaban J connectivity index is 2.26. The number of rotatable bonds is 3. The van der Waals surface area contributed by atoms with Crippen LogP contribution in [0.1, 0.15) is 28.0 Å². The summed E-state index contributed by atoms with van der Waals surface area (Å²) in [6.07, 6.45) is 5.52. The SMILES string of the molecule is CC=Cc1nc(-c2c(C)nn3ccccc23)sc1C(N)=O. The molecule has 3 aromatic heterocycles. The largest absolute Gasteiger partial charge is 0.365 e. The number of aromatic nitrogens is 3. The molecule has 21 heavy (non-hydrogen) atoms. The molecule has 0 fully saturated rings. The number of carbonyl (C=O) groups is 1. The third kappa shape index (κ3) is 2.23. The van der Waals surface area contributed by atoms with Crippen LogP contribution in [-0.2, 0) is 0 Å². The van der Waals surface area contributed by atoms with Crippen LogP contribution in [0.4, 0.5) is 0 Å². The maximum Gasteiger partial charge on any atom is 0.261 e. The summed E-state index contributed by atoms with van der Waals surface area (Å²) in [4.78, 5) is 16.6. The molecule has 5 nitrogen and oxygen atoms in total. The molecule has 3 rings (SSSR count). The lowest BCUT2D eigenvalue weighted by atomic mass is 10.2. The van der Waals surface area contributed by atoms with Crippen molar-refractivity contribution in [2.24, 2.45) is 5.73 Å². The number of amides is 1. The molecule has 6 heteroatoms. The van der Waals surface area contributed by atoms with E-state index in [1.807, 2.05) is 48.8 Å². The van der Waals surface area contributed by atoms with E-state index < -0.39 is 5.91 Å². The minimum absolute atomic E-state index is 0.457. The second-order valence-corrected chi connectivity index (χ2v) is 5.59. The van der Waals surface area contributed by atoms with Crippen molar-refractivity contribution in [3.8, 4) is 10.6 Å². The zero-order valence-electron chi connectivity index (χ0n) is 11.7. The topological polar surface area (TPSA) is 73.3 Å². The maximum absolute atomic E-state index is 11.6. The predicted octanol–water partition coefficient (Wildman–Crippen LogP) is 2.90. The molecule has 0 saturated heterocycles. The molecule has 0 unspecified atom stereocenters. The standard InChI is InChI=1S/C15H14N4OS/c1-3-6-10-13(14(16)20)21-15(17-10)12-9(2)18-19-8-5-4-7-11(12)19/h3-8H,1-2H3,(H2,16,20). The Hall–Kier alpha value is -2.47. The minimum Gasteiger partial charge on any atom is -0.365 e. The summed E-state index contributed by atoms with van der Waals surface area (Å²) in [6, 6.07) is 5.86. The maximum atomic E-state index is 11.6. The van der Waals surface area contributed by atoms with Crippen molar-refractivity contribution in [1.82, 2.24) is 14.6 Å². The highest BCUT2D eigenvalue weighted by molar-refractivity contribution is 7.17. The van der Waals surface area contributed by atoms with E-state index in [-0.39, 0.29) is 0 Å².